The van der Waals surface area contributed by atoms with Crippen LogP contribution in [0.5, 0.6) is 0 Å². The Bertz CT molecular complexity index is 260. The Morgan fingerprint density at radius 3 is 3.20 bits per heavy atom. The fraction of sp³-hybridized carbons (Fsp3) is 0.333. The first-order chi connectivity index (χ1) is 4.84. The topological polar surface area (TPSA) is 47.2 Å². The van der Waals surface area contributed by atoms with Gasteiger partial charge in [-0.2, -0.15) is 4.99 Å². The van der Waals surface area contributed by atoms with E-state index in [0.29, 0.717) is 6.54 Å². The molecule has 0 aliphatic rings. The van der Waals surface area contributed by atoms with Gasteiger partial charge in [-0.05, 0) is 0 Å². The van der Waals surface area contributed by atoms with Crippen molar-refractivity contribution in [2.24, 2.45) is 12.0 Å². The van der Waals surface area contributed by atoms with Crippen LogP contribution in [0.3, 0.4) is 0 Å². The second kappa shape index (κ2) is 2.94. The lowest BCUT2D eigenvalue weighted by molar-refractivity contribution is 0.562. The summed E-state index contributed by atoms with van der Waals surface area (Å²) >= 11 is 0. The minimum absolute atomic E-state index is 0.312. The summed E-state index contributed by atoms with van der Waals surface area (Å²) in [7, 11) is 1.85. The van der Waals surface area contributed by atoms with E-state index in [4.69, 9.17) is 0 Å². The summed E-state index contributed by atoms with van der Waals surface area (Å²) in [4.78, 5) is 17.0. The summed E-state index contributed by atoms with van der Waals surface area (Å²) in [6.45, 7) is 0.312. The molecule has 10 heavy (non-hydrogen) atoms. The van der Waals surface area contributed by atoms with Gasteiger partial charge in [-0.1, -0.05) is 0 Å². The molecule has 1 aromatic heterocycles. The van der Waals surface area contributed by atoms with E-state index >= 15 is 0 Å². The molecular weight excluding hydrogens is 130 g/mol. The van der Waals surface area contributed by atoms with Gasteiger partial charge in [0, 0.05) is 19.4 Å². The normalized spacial score (nSPS) is 8.90. The van der Waals surface area contributed by atoms with Crippen LogP contribution in [0.4, 0.5) is 0 Å². The number of imidazole rings is 1. The maximum atomic E-state index is 9.68. The number of carbonyl (C=O) groups excluding carboxylic acids is 1. The third kappa shape index (κ3) is 1.30. The van der Waals surface area contributed by atoms with Crippen molar-refractivity contribution in [2.75, 3.05) is 0 Å². The molecule has 0 bridgehead atoms. The summed E-state index contributed by atoms with van der Waals surface area (Å²) in [5, 5.41) is 0. The molecule has 4 heteroatoms. The van der Waals surface area contributed by atoms with Gasteiger partial charge in [-0.15, -0.1) is 0 Å². The van der Waals surface area contributed by atoms with Gasteiger partial charge < -0.3 is 4.57 Å². The van der Waals surface area contributed by atoms with E-state index in [1.54, 1.807) is 17.0 Å². The van der Waals surface area contributed by atoms with Crippen LogP contribution in [0.1, 0.15) is 5.82 Å². The van der Waals surface area contributed by atoms with E-state index in [1.807, 2.05) is 7.05 Å². The van der Waals surface area contributed by atoms with E-state index in [9.17, 15) is 4.79 Å². The lowest BCUT2D eigenvalue weighted by Gasteiger charge is -1.92. The van der Waals surface area contributed by atoms with Crippen molar-refractivity contribution < 1.29 is 4.79 Å². The number of rotatable bonds is 2. The molecule has 1 heterocycles. The molecule has 1 aromatic rings. The predicted octanol–water partition coefficient (Wildman–Crippen LogP) is 0.256. The van der Waals surface area contributed by atoms with Crippen LogP contribution in [0.2, 0.25) is 0 Å². The predicted molar refractivity (Wildman–Crippen MR) is 35.0 cm³/mol. The first kappa shape index (κ1) is 6.71. The SMILES string of the molecule is Cn1ccnc1CN=C=O. The number of isocyanates is 1. The van der Waals surface area contributed by atoms with Gasteiger partial charge in [0.1, 0.15) is 12.4 Å². The molecule has 0 N–H and O–H groups in total. The van der Waals surface area contributed by atoms with E-state index in [0.717, 1.165) is 5.82 Å². The van der Waals surface area contributed by atoms with Crippen molar-refractivity contribution in [1.82, 2.24) is 9.55 Å². The summed E-state index contributed by atoms with van der Waals surface area (Å²) in [5.41, 5.74) is 0. The van der Waals surface area contributed by atoms with Crippen molar-refractivity contribution in [3.8, 4) is 0 Å². The van der Waals surface area contributed by atoms with E-state index in [-0.39, 0.29) is 0 Å². The van der Waals surface area contributed by atoms with Crippen LogP contribution in [-0.4, -0.2) is 15.6 Å². The molecule has 0 fully saturated rings. The van der Waals surface area contributed by atoms with Gasteiger partial charge in [0.15, 0.2) is 0 Å². The van der Waals surface area contributed by atoms with Gasteiger partial charge in [0.2, 0.25) is 6.08 Å². The van der Waals surface area contributed by atoms with Crippen LogP contribution in [0.25, 0.3) is 0 Å². The Morgan fingerprint density at radius 1 is 1.90 bits per heavy atom. The van der Waals surface area contributed by atoms with Crippen molar-refractivity contribution >= 4 is 6.08 Å². The number of nitrogens with zero attached hydrogens (tertiary/aromatic N) is 3. The first-order valence-electron chi connectivity index (χ1n) is 2.84. The maximum Gasteiger partial charge on any atom is 0.235 e. The van der Waals surface area contributed by atoms with Crippen molar-refractivity contribution in [3.05, 3.63) is 18.2 Å². The fourth-order valence-electron chi connectivity index (χ4n) is 0.652. The van der Waals surface area contributed by atoms with Gasteiger partial charge >= 0.3 is 0 Å². The van der Waals surface area contributed by atoms with E-state index in [1.165, 1.54) is 6.08 Å². The summed E-state index contributed by atoms with van der Waals surface area (Å²) in [5.74, 6) is 0.767. The molecule has 0 saturated heterocycles. The molecule has 52 valence electrons. The van der Waals surface area contributed by atoms with Crippen molar-refractivity contribution in [2.45, 2.75) is 6.54 Å². The molecular formula is C6H7N3O. The number of aliphatic imine (C=N–C) groups is 1. The lowest BCUT2D eigenvalue weighted by atomic mass is 10.6. The third-order valence-corrected chi connectivity index (χ3v) is 1.21. The largest absolute Gasteiger partial charge is 0.336 e. The molecule has 0 radical (unpaired) electrons. The second-order valence-electron chi connectivity index (χ2n) is 1.86. The maximum absolute atomic E-state index is 9.68. The summed E-state index contributed by atoms with van der Waals surface area (Å²) in [6.07, 6.45) is 4.92. The first-order valence-corrected chi connectivity index (χ1v) is 2.84. The zero-order valence-electron chi connectivity index (χ0n) is 5.61. The molecule has 0 aliphatic heterocycles. The van der Waals surface area contributed by atoms with Gasteiger partial charge in [-0.3, -0.25) is 0 Å². The van der Waals surface area contributed by atoms with Crippen LogP contribution in [0, 0.1) is 0 Å². The highest BCUT2D eigenvalue weighted by Gasteiger charge is 1.94. The number of aromatic nitrogens is 2. The van der Waals surface area contributed by atoms with E-state index < -0.39 is 0 Å². The number of hydrogen-bond acceptors (Lipinski definition) is 3. The van der Waals surface area contributed by atoms with Crippen LogP contribution >= 0.6 is 0 Å². The Labute approximate surface area is 58.2 Å². The molecule has 0 atom stereocenters. The number of aryl methyl sites for hydroxylation is 1. The zero-order valence-corrected chi connectivity index (χ0v) is 5.61. The Kier molecular flexibility index (Phi) is 1.97. The smallest absolute Gasteiger partial charge is 0.235 e. The Hall–Kier alpha value is -1.41. The molecule has 0 spiro atoms. The number of hydrogen-bond donors (Lipinski definition) is 0. The lowest BCUT2D eigenvalue weighted by Crippen LogP contribution is -1.94. The Morgan fingerprint density at radius 2 is 2.70 bits per heavy atom. The summed E-state index contributed by atoms with van der Waals surface area (Å²) in [6, 6.07) is 0. The molecule has 0 unspecified atom stereocenters. The minimum Gasteiger partial charge on any atom is -0.336 e. The van der Waals surface area contributed by atoms with Crippen LogP contribution < -0.4 is 0 Å². The molecule has 0 aromatic carbocycles. The average Bonchev–Trinajstić information content (AvgIpc) is 2.31. The van der Waals surface area contributed by atoms with Crippen LogP contribution in [0.15, 0.2) is 17.4 Å². The van der Waals surface area contributed by atoms with Gasteiger partial charge in [0.25, 0.3) is 0 Å². The summed E-state index contributed by atoms with van der Waals surface area (Å²) < 4.78 is 1.81. The van der Waals surface area contributed by atoms with Gasteiger partial charge in [0.05, 0.1) is 0 Å². The molecule has 0 aliphatic carbocycles. The molecule has 4 nitrogen and oxygen atoms in total. The monoisotopic (exact) mass is 137 g/mol. The zero-order chi connectivity index (χ0) is 7.40. The van der Waals surface area contributed by atoms with Gasteiger partial charge in [-0.25, -0.2) is 9.78 Å². The highest BCUT2D eigenvalue weighted by atomic mass is 16.1. The molecule has 0 amide bonds. The fourth-order valence-corrected chi connectivity index (χ4v) is 0.652. The standard InChI is InChI=1S/C6H7N3O/c1-9-3-2-8-6(9)4-7-5-10/h2-3H,4H2,1H3. The molecule has 0 saturated carbocycles. The quantitative estimate of drug-likeness (QED) is 0.433. The average molecular weight is 137 g/mol. The minimum atomic E-state index is 0.312. The highest BCUT2D eigenvalue weighted by molar-refractivity contribution is 5.32. The third-order valence-electron chi connectivity index (χ3n) is 1.21. The molecule has 1 rings (SSSR count). The van der Waals surface area contributed by atoms with Crippen LogP contribution in [-0.2, 0) is 18.4 Å². The second-order valence-corrected chi connectivity index (χ2v) is 1.86. The van der Waals surface area contributed by atoms with Crippen molar-refractivity contribution in [3.63, 3.8) is 0 Å². The van der Waals surface area contributed by atoms with Crippen molar-refractivity contribution in [1.29, 1.82) is 0 Å². The Balaban J connectivity index is 2.74. The van der Waals surface area contributed by atoms with E-state index in [2.05, 4.69) is 9.98 Å². The highest BCUT2D eigenvalue weighted by Crippen LogP contribution is 1.94.